The molecule has 1 amide bonds. The number of carbonyl (C=O) groups excluding carboxylic acids is 1. The Hall–Kier alpha value is -1.48. The molecule has 1 aliphatic heterocycles. The van der Waals surface area contributed by atoms with Crippen molar-refractivity contribution in [1.29, 1.82) is 0 Å². The molecule has 0 aliphatic carbocycles. The number of rotatable bonds is 10. The zero-order chi connectivity index (χ0) is 21.4. The van der Waals surface area contributed by atoms with Crippen LogP contribution >= 0.6 is 0 Å². The number of morpholine rings is 1. The van der Waals surface area contributed by atoms with Gasteiger partial charge < -0.3 is 10.1 Å². The maximum atomic E-state index is 12.7. The molecule has 1 saturated heterocycles. The summed E-state index contributed by atoms with van der Waals surface area (Å²) in [4.78, 5) is 15.2. The van der Waals surface area contributed by atoms with Crippen LogP contribution in [0.3, 0.4) is 0 Å². The van der Waals surface area contributed by atoms with Gasteiger partial charge in [-0.1, -0.05) is 26.7 Å². The first-order valence-electron chi connectivity index (χ1n) is 10.5. The number of ether oxygens (including phenoxy) is 1. The summed E-state index contributed by atoms with van der Waals surface area (Å²) in [6, 6.07) is 6.15. The van der Waals surface area contributed by atoms with Gasteiger partial charge >= 0.3 is 0 Å². The van der Waals surface area contributed by atoms with Gasteiger partial charge in [0.25, 0.3) is 5.91 Å². The van der Waals surface area contributed by atoms with Crippen molar-refractivity contribution in [1.82, 2.24) is 14.9 Å². The Morgan fingerprint density at radius 3 is 2.21 bits per heavy atom. The molecule has 1 fully saturated rings. The van der Waals surface area contributed by atoms with Crippen molar-refractivity contribution in [2.24, 2.45) is 5.92 Å². The number of nitrogens with zero attached hydrogens (tertiary/aromatic N) is 1. The number of amides is 1. The van der Waals surface area contributed by atoms with Gasteiger partial charge in [-0.05, 0) is 44.0 Å². The maximum absolute atomic E-state index is 12.7. The summed E-state index contributed by atoms with van der Waals surface area (Å²) in [5.74, 6) is 0.318. The van der Waals surface area contributed by atoms with E-state index in [-0.39, 0.29) is 22.9 Å². The molecule has 8 heteroatoms. The van der Waals surface area contributed by atoms with Crippen LogP contribution in [0.4, 0.5) is 0 Å². The summed E-state index contributed by atoms with van der Waals surface area (Å²) >= 11 is 0. The molecule has 1 aliphatic rings. The molecule has 1 unspecified atom stereocenters. The van der Waals surface area contributed by atoms with Gasteiger partial charge in [0.2, 0.25) is 10.0 Å². The molecule has 0 spiro atoms. The van der Waals surface area contributed by atoms with Crippen molar-refractivity contribution in [2.75, 3.05) is 32.8 Å². The molecular formula is C21H35N3O4S. The monoisotopic (exact) mass is 425 g/mol. The van der Waals surface area contributed by atoms with Gasteiger partial charge in [0, 0.05) is 37.3 Å². The molecule has 1 aromatic rings. The number of carbonyl (C=O) groups is 1. The largest absolute Gasteiger partial charge is 0.379 e. The fourth-order valence-electron chi connectivity index (χ4n) is 3.80. The average molecular weight is 426 g/mol. The lowest BCUT2D eigenvalue weighted by Crippen LogP contribution is -2.52. The van der Waals surface area contributed by atoms with Gasteiger partial charge in [-0.2, -0.15) is 0 Å². The molecule has 29 heavy (non-hydrogen) atoms. The molecule has 0 aromatic heterocycles. The molecule has 2 rings (SSSR count). The zero-order valence-electron chi connectivity index (χ0n) is 18.0. The number of hydrogen-bond acceptors (Lipinski definition) is 5. The van der Waals surface area contributed by atoms with Crippen molar-refractivity contribution < 1.29 is 17.9 Å². The van der Waals surface area contributed by atoms with Crippen molar-refractivity contribution in [3.05, 3.63) is 29.8 Å². The molecule has 0 saturated carbocycles. The van der Waals surface area contributed by atoms with E-state index >= 15 is 0 Å². The molecular weight excluding hydrogens is 390 g/mol. The molecule has 1 aromatic carbocycles. The lowest BCUT2D eigenvalue weighted by Gasteiger charge is -2.38. The number of hydrogen-bond donors (Lipinski definition) is 2. The minimum Gasteiger partial charge on any atom is -0.379 e. The fraction of sp³-hybridized carbons (Fsp3) is 0.667. The van der Waals surface area contributed by atoms with Gasteiger partial charge in [0.05, 0.1) is 18.1 Å². The Morgan fingerprint density at radius 1 is 1.10 bits per heavy atom. The third-order valence-electron chi connectivity index (χ3n) is 5.40. The first kappa shape index (κ1) is 23.8. The van der Waals surface area contributed by atoms with E-state index in [9.17, 15) is 13.2 Å². The summed E-state index contributed by atoms with van der Waals surface area (Å²) in [5.41, 5.74) is 0.457. The van der Waals surface area contributed by atoms with Crippen LogP contribution in [0, 0.1) is 5.92 Å². The highest BCUT2D eigenvalue weighted by atomic mass is 32.2. The van der Waals surface area contributed by atoms with Gasteiger partial charge in [0.1, 0.15) is 0 Å². The summed E-state index contributed by atoms with van der Waals surface area (Å²) in [7, 11) is -3.56. The predicted molar refractivity (Wildman–Crippen MR) is 114 cm³/mol. The second-order valence-corrected chi connectivity index (χ2v) is 9.52. The summed E-state index contributed by atoms with van der Waals surface area (Å²) in [6.45, 7) is 11.7. The summed E-state index contributed by atoms with van der Waals surface area (Å²) < 4.78 is 32.5. The smallest absolute Gasteiger partial charge is 0.251 e. The molecule has 7 nitrogen and oxygen atoms in total. The van der Waals surface area contributed by atoms with E-state index in [0.717, 1.165) is 39.1 Å². The second-order valence-electron chi connectivity index (χ2n) is 7.80. The van der Waals surface area contributed by atoms with Crippen molar-refractivity contribution in [3.63, 3.8) is 0 Å². The molecule has 0 radical (unpaired) electrons. The first-order valence-corrected chi connectivity index (χ1v) is 12.0. The second kappa shape index (κ2) is 11.1. The Balaban J connectivity index is 2.03. The molecule has 2 N–H and O–H groups in total. The van der Waals surface area contributed by atoms with Gasteiger partial charge in [-0.25, -0.2) is 13.1 Å². The minimum atomic E-state index is -3.56. The average Bonchev–Trinajstić information content (AvgIpc) is 2.70. The normalized spacial score (nSPS) is 16.9. The van der Waals surface area contributed by atoms with Crippen LogP contribution in [0.2, 0.25) is 0 Å². The fourth-order valence-corrected chi connectivity index (χ4v) is 5.05. The molecule has 1 atom stereocenters. The van der Waals surface area contributed by atoms with Gasteiger partial charge in [-0.3, -0.25) is 9.69 Å². The Morgan fingerprint density at radius 2 is 1.69 bits per heavy atom. The van der Waals surface area contributed by atoms with E-state index in [1.165, 1.54) is 12.1 Å². The van der Waals surface area contributed by atoms with Crippen molar-refractivity contribution in [3.8, 4) is 0 Å². The first-order chi connectivity index (χ1) is 13.8. The van der Waals surface area contributed by atoms with E-state index in [0.29, 0.717) is 18.0 Å². The number of nitrogens with one attached hydrogen (secondary N) is 2. The van der Waals surface area contributed by atoms with Crippen LogP contribution in [0.1, 0.15) is 50.9 Å². The van der Waals surface area contributed by atoms with Crippen LogP contribution in [0.15, 0.2) is 29.2 Å². The lowest BCUT2D eigenvalue weighted by atomic mass is 9.92. The van der Waals surface area contributed by atoms with Crippen LogP contribution in [0.25, 0.3) is 0 Å². The van der Waals surface area contributed by atoms with Gasteiger partial charge in [0.15, 0.2) is 0 Å². The van der Waals surface area contributed by atoms with Crippen LogP contribution in [-0.2, 0) is 14.8 Å². The van der Waals surface area contributed by atoms with Gasteiger partial charge in [-0.15, -0.1) is 0 Å². The highest BCUT2D eigenvalue weighted by Crippen LogP contribution is 2.20. The van der Waals surface area contributed by atoms with E-state index in [1.54, 1.807) is 26.0 Å². The zero-order valence-corrected chi connectivity index (χ0v) is 18.8. The topological polar surface area (TPSA) is 87.7 Å². The van der Waals surface area contributed by atoms with E-state index in [1.807, 2.05) is 0 Å². The van der Waals surface area contributed by atoms with Crippen LogP contribution in [0.5, 0.6) is 0 Å². The maximum Gasteiger partial charge on any atom is 0.251 e. The van der Waals surface area contributed by atoms with Crippen molar-refractivity contribution in [2.45, 2.75) is 57.5 Å². The highest BCUT2D eigenvalue weighted by Gasteiger charge is 2.27. The third kappa shape index (κ3) is 6.77. The Labute approximate surface area is 175 Å². The minimum absolute atomic E-state index is 0.158. The van der Waals surface area contributed by atoms with E-state index in [4.69, 9.17) is 4.74 Å². The number of benzene rings is 1. The van der Waals surface area contributed by atoms with E-state index in [2.05, 4.69) is 28.8 Å². The Kier molecular flexibility index (Phi) is 9.07. The van der Waals surface area contributed by atoms with Crippen LogP contribution < -0.4 is 10.0 Å². The SMILES string of the molecule is CCC(CC)C(CNC(=O)c1ccc(S(=O)(=O)NC(C)C)cc1)N1CCOCC1. The van der Waals surface area contributed by atoms with E-state index < -0.39 is 10.0 Å². The molecule has 0 bridgehead atoms. The standard InChI is InChI=1S/C21H35N3O4S/c1-5-17(6-2)20(24-11-13-28-14-12-24)15-22-21(25)18-7-9-19(10-8-18)29(26,27)23-16(3)4/h7-10,16-17,20,23H,5-6,11-15H2,1-4H3,(H,22,25). The molecule has 1 heterocycles. The number of sulfonamides is 1. The van der Waals surface area contributed by atoms with Crippen LogP contribution in [-0.4, -0.2) is 64.2 Å². The lowest BCUT2D eigenvalue weighted by molar-refractivity contribution is 0.00191. The third-order valence-corrected chi connectivity index (χ3v) is 7.07. The predicted octanol–water partition coefficient (Wildman–Crippen LogP) is 2.24. The quantitative estimate of drug-likeness (QED) is 0.600. The highest BCUT2D eigenvalue weighted by molar-refractivity contribution is 7.89. The Bertz CT molecular complexity index is 740. The summed E-state index contributed by atoms with van der Waals surface area (Å²) in [5, 5.41) is 3.05. The summed E-state index contributed by atoms with van der Waals surface area (Å²) in [6.07, 6.45) is 2.12. The molecule has 164 valence electrons. The van der Waals surface area contributed by atoms with Crippen molar-refractivity contribution >= 4 is 15.9 Å².